The van der Waals surface area contributed by atoms with Gasteiger partial charge in [0.1, 0.15) is 0 Å². The number of urea groups is 1. The average Bonchev–Trinajstić information content (AvgIpc) is 2.78. The van der Waals surface area contributed by atoms with Crippen molar-refractivity contribution < 1.29 is 4.79 Å². The zero-order chi connectivity index (χ0) is 20.9. The van der Waals surface area contributed by atoms with Gasteiger partial charge < -0.3 is 15.5 Å². The highest BCUT2D eigenvalue weighted by Gasteiger charge is 2.13. The number of nitrogens with one attached hydrogen (secondary N) is 2. The van der Waals surface area contributed by atoms with Crippen molar-refractivity contribution in [2.24, 2.45) is 0 Å². The van der Waals surface area contributed by atoms with Crippen molar-refractivity contribution in [3.05, 3.63) is 65.2 Å². The summed E-state index contributed by atoms with van der Waals surface area (Å²) in [5, 5.41) is 15.1. The number of hydrogen-bond acceptors (Lipinski definition) is 4. The number of hydrogen-bond donors (Lipinski definition) is 2. The van der Waals surface area contributed by atoms with E-state index in [0.29, 0.717) is 16.4 Å². The summed E-state index contributed by atoms with van der Waals surface area (Å²) >= 11 is 6.12. The number of halogens is 1. The number of anilines is 3. The van der Waals surface area contributed by atoms with Gasteiger partial charge in [-0.15, -0.1) is 10.2 Å². The fourth-order valence-electron chi connectivity index (χ4n) is 3.55. The van der Waals surface area contributed by atoms with Gasteiger partial charge >= 0.3 is 6.03 Å². The van der Waals surface area contributed by atoms with Crippen LogP contribution in [-0.2, 0) is 0 Å². The molecule has 6 nitrogen and oxygen atoms in total. The number of piperidine rings is 1. The summed E-state index contributed by atoms with van der Waals surface area (Å²) in [5.41, 5.74) is 3.84. The minimum Gasteiger partial charge on any atom is -0.355 e. The van der Waals surface area contributed by atoms with Crippen molar-refractivity contribution >= 4 is 34.8 Å². The number of nitrogens with zero attached hydrogens (tertiary/aromatic N) is 3. The largest absolute Gasteiger partial charge is 0.355 e. The van der Waals surface area contributed by atoms with Crippen LogP contribution in [0.3, 0.4) is 0 Å². The van der Waals surface area contributed by atoms with E-state index in [4.69, 9.17) is 11.6 Å². The van der Waals surface area contributed by atoms with Crippen molar-refractivity contribution in [3.8, 4) is 11.3 Å². The molecule has 30 heavy (non-hydrogen) atoms. The van der Waals surface area contributed by atoms with Crippen LogP contribution in [0.2, 0.25) is 5.02 Å². The monoisotopic (exact) mass is 421 g/mol. The first-order valence-electron chi connectivity index (χ1n) is 10.1. The molecule has 2 N–H and O–H groups in total. The van der Waals surface area contributed by atoms with Gasteiger partial charge in [-0.3, -0.25) is 0 Å². The van der Waals surface area contributed by atoms with Crippen LogP contribution in [0.5, 0.6) is 0 Å². The minimum atomic E-state index is -0.330. The molecule has 1 aliphatic heterocycles. The zero-order valence-electron chi connectivity index (χ0n) is 16.9. The molecule has 2 aromatic carbocycles. The van der Waals surface area contributed by atoms with Crippen LogP contribution in [0.4, 0.5) is 22.0 Å². The second-order valence-electron chi connectivity index (χ2n) is 7.40. The Kier molecular flexibility index (Phi) is 6.14. The molecule has 0 atom stereocenters. The fourth-order valence-corrected chi connectivity index (χ4v) is 3.73. The minimum absolute atomic E-state index is 0.330. The molecule has 0 saturated carbocycles. The summed E-state index contributed by atoms with van der Waals surface area (Å²) < 4.78 is 0. The SMILES string of the molecule is Cc1c(Cl)cccc1NC(=O)Nc1cccc(-c2ccc(N3CCCCC3)nn2)c1. The summed E-state index contributed by atoms with van der Waals surface area (Å²) in [6.07, 6.45) is 3.69. The molecule has 1 fully saturated rings. The Labute approximate surface area is 181 Å². The number of rotatable bonds is 4. The number of amides is 2. The number of carbonyl (C=O) groups excluding carboxylic acids is 1. The van der Waals surface area contributed by atoms with Gasteiger partial charge in [-0.2, -0.15) is 0 Å². The first-order chi connectivity index (χ1) is 14.6. The Bertz CT molecular complexity index is 1030. The molecule has 154 valence electrons. The third-order valence-corrected chi connectivity index (χ3v) is 5.67. The third-order valence-electron chi connectivity index (χ3n) is 5.26. The van der Waals surface area contributed by atoms with Gasteiger partial charge in [-0.1, -0.05) is 29.8 Å². The molecule has 0 unspecified atom stereocenters. The van der Waals surface area contributed by atoms with Crippen LogP contribution in [-0.4, -0.2) is 29.3 Å². The van der Waals surface area contributed by atoms with Crippen LogP contribution in [0.25, 0.3) is 11.3 Å². The third kappa shape index (κ3) is 4.71. The molecule has 1 aromatic heterocycles. The van der Waals surface area contributed by atoms with E-state index < -0.39 is 0 Å². The van der Waals surface area contributed by atoms with Gasteiger partial charge in [0.05, 0.1) is 5.69 Å². The zero-order valence-corrected chi connectivity index (χ0v) is 17.6. The van der Waals surface area contributed by atoms with E-state index >= 15 is 0 Å². The van der Waals surface area contributed by atoms with E-state index in [1.807, 2.05) is 49.4 Å². The Morgan fingerprint density at radius 2 is 1.77 bits per heavy atom. The van der Waals surface area contributed by atoms with E-state index in [1.54, 1.807) is 12.1 Å². The van der Waals surface area contributed by atoms with Gasteiger partial charge in [-0.05, 0) is 68.1 Å². The lowest BCUT2D eigenvalue weighted by molar-refractivity contribution is 0.262. The van der Waals surface area contributed by atoms with E-state index in [-0.39, 0.29) is 6.03 Å². The smallest absolute Gasteiger partial charge is 0.323 e. The highest BCUT2D eigenvalue weighted by atomic mass is 35.5. The molecule has 7 heteroatoms. The number of carbonyl (C=O) groups is 1. The maximum Gasteiger partial charge on any atom is 0.323 e. The van der Waals surface area contributed by atoms with E-state index in [2.05, 4.69) is 25.7 Å². The summed E-state index contributed by atoms with van der Waals surface area (Å²) in [5.74, 6) is 0.920. The van der Waals surface area contributed by atoms with Crippen molar-refractivity contribution in [1.82, 2.24) is 10.2 Å². The van der Waals surface area contributed by atoms with Gasteiger partial charge in [-0.25, -0.2) is 4.79 Å². The Morgan fingerprint density at radius 1 is 0.967 bits per heavy atom. The maximum absolute atomic E-state index is 12.4. The van der Waals surface area contributed by atoms with Gasteiger partial charge in [0.15, 0.2) is 5.82 Å². The molecular formula is C23H24ClN5O. The molecule has 4 rings (SSSR count). The normalized spacial score (nSPS) is 13.7. The molecule has 0 spiro atoms. The number of aromatic nitrogens is 2. The van der Waals surface area contributed by atoms with Crippen molar-refractivity contribution in [2.75, 3.05) is 28.6 Å². The van der Waals surface area contributed by atoms with Crippen molar-refractivity contribution in [1.29, 1.82) is 0 Å². The fraction of sp³-hybridized carbons (Fsp3) is 0.261. The predicted octanol–water partition coefficient (Wildman–Crippen LogP) is 5.74. The van der Waals surface area contributed by atoms with Crippen LogP contribution in [0, 0.1) is 6.92 Å². The molecule has 1 saturated heterocycles. The van der Waals surface area contributed by atoms with E-state index in [0.717, 1.165) is 35.7 Å². The van der Waals surface area contributed by atoms with E-state index in [9.17, 15) is 4.79 Å². The van der Waals surface area contributed by atoms with Crippen molar-refractivity contribution in [3.63, 3.8) is 0 Å². The summed E-state index contributed by atoms with van der Waals surface area (Å²) in [6.45, 7) is 3.94. The molecule has 0 aliphatic carbocycles. The summed E-state index contributed by atoms with van der Waals surface area (Å²) in [6, 6.07) is 16.6. The second kappa shape index (κ2) is 9.13. The number of benzene rings is 2. The second-order valence-corrected chi connectivity index (χ2v) is 7.80. The average molecular weight is 422 g/mol. The summed E-state index contributed by atoms with van der Waals surface area (Å²) in [4.78, 5) is 14.7. The van der Waals surface area contributed by atoms with Crippen LogP contribution >= 0.6 is 11.6 Å². The van der Waals surface area contributed by atoms with Gasteiger partial charge in [0, 0.05) is 35.1 Å². The Morgan fingerprint density at radius 3 is 2.53 bits per heavy atom. The molecule has 0 radical (unpaired) electrons. The topological polar surface area (TPSA) is 70.2 Å². The van der Waals surface area contributed by atoms with Crippen molar-refractivity contribution in [2.45, 2.75) is 26.2 Å². The first kappa shape index (κ1) is 20.2. The lowest BCUT2D eigenvalue weighted by atomic mass is 10.1. The molecule has 1 aliphatic rings. The maximum atomic E-state index is 12.4. The van der Waals surface area contributed by atoms with Crippen LogP contribution in [0.15, 0.2) is 54.6 Å². The lowest BCUT2D eigenvalue weighted by Gasteiger charge is -2.27. The lowest BCUT2D eigenvalue weighted by Crippen LogP contribution is -2.30. The van der Waals surface area contributed by atoms with Crippen LogP contribution < -0.4 is 15.5 Å². The molecule has 2 heterocycles. The van der Waals surface area contributed by atoms with Crippen LogP contribution in [0.1, 0.15) is 24.8 Å². The molecule has 3 aromatic rings. The quantitative estimate of drug-likeness (QED) is 0.563. The standard InChI is InChI=1S/C23H24ClN5O/c1-16-19(24)9-6-10-20(16)26-23(30)25-18-8-5-7-17(15-18)21-11-12-22(28-27-21)29-13-3-2-4-14-29/h5-12,15H,2-4,13-14H2,1H3,(H2,25,26,30). The highest BCUT2D eigenvalue weighted by Crippen LogP contribution is 2.25. The molecule has 2 amide bonds. The highest BCUT2D eigenvalue weighted by molar-refractivity contribution is 6.31. The Balaban J connectivity index is 1.44. The van der Waals surface area contributed by atoms with E-state index in [1.165, 1.54) is 19.3 Å². The molecule has 0 bridgehead atoms. The summed E-state index contributed by atoms with van der Waals surface area (Å²) in [7, 11) is 0. The molecular weight excluding hydrogens is 398 g/mol. The first-order valence-corrected chi connectivity index (χ1v) is 10.5. The predicted molar refractivity (Wildman–Crippen MR) is 122 cm³/mol. The Hall–Kier alpha value is -3.12. The van der Waals surface area contributed by atoms with Gasteiger partial charge in [0.2, 0.25) is 0 Å². The van der Waals surface area contributed by atoms with Gasteiger partial charge in [0.25, 0.3) is 0 Å².